The molecule has 0 radical (unpaired) electrons. The lowest BCUT2D eigenvalue weighted by Gasteiger charge is -2.16. The molecule has 0 N–H and O–H groups in total. The predicted octanol–water partition coefficient (Wildman–Crippen LogP) is 5.10. The van der Waals surface area contributed by atoms with Crippen molar-refractivity contribution < 1.29 is 16.8 Å². The van der Waals surface area contributed by atoms with E-state index in [0.29, 0.717) is 0 Å². The maximum Gasteiger partial charge on any atom is 0.449 e. The first kappa shape index (κ1) is 20.0. The molecule has 0 amide bonds. The summed E-state index contributed by atoms with van der Waals surface area (Å²) in [5.74, 6) is 0.557. The van der Waals surface area contributed by atoms with Gasteiger partial charge in [-0.3, -0.25) is 0 Å². The zero-order valence-electron chi connectivity index (χ0n) is 14.4. The molecule has 0 saturated heterocycles. The third kappa shape index (κ3) is 9.61. The highest BCUT2D eigenvalue weighted by molar-refractivity contribution is 7.82. The third-order valence-corrected chi connectivity index (χ3v) is 4.64. The number of unbranched alkanes of at least 4 members (excludes halogenated alkanes) is 4. The molecule has 0 saturated carbocycles. The summed E-state index contributed by atoms with van der Waals surface area (Å²) in [6, 6.07) is 8.45. The first-order valence-corrected chi connectivity index (χ1v) is 10.0. The fourth-order valence-electron chi connectivity index (χ4n) is 2.46. The second-order valence-corrected chi connectivity index (χ2v) is 7.17. The van der Waals surface area contributed by atoms with Gasteiger partial charge in [0.15, 0.2) is 0 Å². The van der Waals surface area contributed by atoms with Gasteiger partial charge in [0.25, 0.3) is 0 Å². The zero-order valence-corrected chi connectivity index (χ0v) is 15.2. The molecule has 1 rings (SSSR count). The molecule has 0 aliphatic rings. The van der Waals surface area contributed by atoms with E-state index in [1.165, 1.54) is 19.3 Å². The standard InChI is InChI=1S/C18H30O4S/c1-3-5-7-9-13-17(12-6-4-2)16-21-23(19,20)22-18-14-10-8-11-15-18/h8,10-11,14-15,17H,3-7,9,12-13,16H2,1-2H3. The van der Waals surface area contributed by atoms with Gasteiger partial charge >= 0.3 is 10.4 Å². The molecule has 132 valence electrons. The number of hydrogen-bond donors (Lipinski definition) is 0. The average Bonchev–Trinajstić information content (AvgIpc) is 2.54. The van der Waals surface area contributed by atoms with Gasteiger partial charge in [-0.15, -0.1) is 0 Å². The fraction of sp³-hybridized carbons (Fsp3) is 0.667. The van der Waals surface area contributed by atoms with Crippen molar-refractivity contribution in [1.82, 2.24) is 0 Å². The van der Waals surface area contributed by atoms with Gasteiger partial charge < -0.3 is 4.18 Å². The average molecular weight is 343 g/mol. The summed E-state index contributed by atoms with van der Waals surface area (Å²) in [4.78, 5) is 0. The van der Waals surface area contributed by atoms with Gasteiger partial charge in [-0.05, 0) is 30.9 Å². The van der Waals surface area contributed by atoms with Crippen molar-refractivity contribution in [3.8, 4) is 5.75 Å². The van der Waals surface area contributed by atoms with Crippen LogP contribution in [0.1, 0.15) is 65.2 Å². The van der Waals surface area contributed by atoms with Gasteiger partial charge in [-0.25, -0.2) is 4.18 Å². The summed E-state index contributed by atoms with van der Waals surface area (Å²) in [6.07, 6.45) is 8.99. The monoisotopic (exact) mass is 342 g/mol. The fourth-order valence-corrected chi connectivity index (χ4v) is 3.22. The highest BCUT2D eigenvalue weighted by atomic mass is 32.3. The molecular formula is C18H30O4S. The van der Waals surface area contributed by atoms with Gasteiger partial charge in [-0.1, -0.05) is 70.6 Å². The first-order chi connectivity index (χ1) is 11.1. The third-order valence-electron chi connectivity index (χ3n) is 3.82. The Kier molecular flexibility index (Phi) is 9.96. The van der Waals surface area contributed by atoms with Gasteiger partial charge in [0.2, 0.25) is 0 Å². The zero-order chi connectivity index (χ0) is 17.0. The van der Waals surface area contributed by atoms with E-state index in [0.717, 1.165) is 32.1 Å². The quantitative estimate of drug-likeness (QED) is 0.468. The largest absolute Gasteiger partial charge is 0.449 e. The smallest absolute Gasteiger partial charge is 0.362 e. The van der Waals surface area contributed by atoms with Crippen LogP contribution in [0.15, 0.2) is 30.3 Å². The molecule has 0 aromatic heterocycles. The molecule has 1 aromatic carbocycles. The molecule has 0 bridgehead atoms. The van der Waals surface area contributed by atoms with Crippen LogP contribution in [0.5, 0.6) is 5.75 Å². The van der Waals surface area contributed by atoms with Crippen LogP contribution in [-0.4, -0.2) is 15.0 Å². The Labute approximate surface area is 141 Å². The summed E-state index contributed by atoms with van der Waals surface area (Å²) in [5, 5.41) is 0. The number of para-hydroxylation sites is 1. The predicted molar refractivity (Wildman–Crippen MR) is 93.7 cm³/mol. The van der Waals surface area contributed by atoms with E-state index < -0.39 is 10.4 Å². The van der Waals surface area contributed by atoms with E-state index in [-0.39, 0.29) is 18.3 Å². The van der Waals surface area contributed by atoms with Crippen LogP contribution in [-0.2, 0) is 14.6 Å². The minimum atomic E-state index is -3.99. The molecule has 0 spiro atoms. The molecule has 4 nitrogen and oxygen atoms in total. The lowest BCUT2D eigenvalue weighted by Crippen LogP contribution is -2.19. The van der Waals surface area contributed by atoms with Gasteiger partial charge in [-0.2, -0.15) is 8.42 Å². The van der Waals surface area contributed by atoms with Crippen LogP contribution in [0.2, 0.25) is 0 Å². The second-order valence-electron chi connectivity index (χ2n) is 5.95. The van der Waals surface area contributed by atoms with Crippen LogP contribution >= 0.6 is 0 Å². The summed E-state index contributed by atoms with van der Waals surface area (Å²) in [6.45, 7) is 4.54. The number of rotatable bonds is 13. The molecule has 0 heterocycles. The Morgan fingerprint density at radius 2 is 1.57 bits per heavy atom. The Morgan fingerprint density at radius 1 is 0.913 bits per heavy atom. The van der Waals surface area contributed by atoms with Crippen LogP contribution in [0, 0.1) is 5.92 Å². The number of benzene rings is 1. The Morgan fingerprint density at radius 3 is 2.22 bits per heavy atom. The maximum absolute atomic E-state index is 11.9. The van der Waals surface area contributed by atoms with Crippen LogP contribution in [0.3, 0.4) is 0 Å². The Balaban J connectivity index is 2.44. The summed E-state index contributed by atoms with van der Waals surface area (Å²) in [7, 11) is -3.99. The molecular weight excluding hydrogens is 312 g/mol. The topological polar surface area (TPSA) is 52.6 Å². The van der Waals surface area contributed by atoms with Crippen molar-refractivity contribution in [1.29, 1.82) is 0 Å². The van der Waals surface area contributed by atoms with E-state index in [1.807, 2.05) is 0 Å². The first-order valence-electron chi connectivity index (χ1n) is 8.71. The Bertz CT molecular complexity index is 499. The molecule has 1 unspecified atom stereocenters. The number of hydrogen-bond acceptors (Lipinski definition) is 4. The van der Waals surface area contributed by atoms with Crippen LogP contribution in [0.4, 0.5) is 0 Å². The maximum atomic E-state index is 11.9. The summed E-state index contributed by atoms with van der Waals surface area (Å²) in [5.41, 5.74) is 0. The van der Waals surface area contributed by atoms with Crippen molar-refractivity contribution >= 4 is 10.4 Å². The molecule has 1 atom stereocenters. The molecule has 0 aliphatic carbocycles. The SMILES string of the molecule is CCCCCCC(CCCC)COS(=O)(=O)Oc1ccccc1. The molecule has 0 fully saturated rings. The lowest BCUT2D eigenvalue weighted by atomic mass is 9.96. The highest BCUT2D eigenvalue weighted by Crippen LogP contribution is 2.20. The van der Waals surface area contributed by atoms with E-state index in [1.54, 1.807) is 30.3 Å². The molecule has 0 aliphatic heterocycles. The van der Waals surface area contributed by atoms with E-state index in [4.69, 9.17) is 8.37 Å². The minimum Gasteiger partial charge on any atom is -0.362 e. The van der Waals surface area contributed by atoms with Crippen molar-refractivity contribution in [3.05, 3.63) is 30.3 Å². The van der Waals surface area contributed by atoms with E-state index >= 15 is 0 Å². The van der Waals surface area contributed by atoms with Crippen molar-refractivity contribution in [2.24, 2.45) is 5.92 Å². The van der Waals surface area contributed by atoms with E-state index in [2.05, 4.69) is 13.8 Å². The normalized spacial score (nSPS) is 13.0. The Hall–Kier alpha value is -1.07. The lowest BCUT2D eigenvalue weighted by molar-refractivity contribution is 0.208. The van der Waals surface area contributed by atoms with Crippen molar-refractivity contribution in [2.75, 3.05) is 6.61 Å². The van der Waals surface area contributed by atoms with Gasteiger partial charge in [0.1, 0.15) is 5.75 Å². The van der Waals surface area contributed by atoms with E-state index in [9.17, 15) is 8.42 Å². The molecule has 5 heteroatoms. The van der Waals surface area contributed by atoms with Gasteiger partial charge in [0, 0.05) is 0 Å². The van der Waals surface area contributed by atoms with Crippen molar-refractivity contribution in [2.45, 2.75) is 65.2 Å². The minimum absolute atomic E-state index is 0.210. The molecule has 23 heavy (non-hydrogen) atoms. The summed E-state index contributed by atoms with van der Waals surface area (Å²) >= 11 is 0. The van der Waals surface area contributed by atoms with Crippen LogP contribution < -0.4 is 4.18 Å². The van der Waals surface area contributed by atoms with Crippen LogP contribution in [0.25, 0.3) is 0 Å². The van der Waals surface area contributed by atoms with Crippen molar-refractivity contribution in [3.63, 3.8) is 0 Å². The van der Waals surface area contributed by atoms with Gasteiger partial charge in [0.05, 0.1) is 6.61 Å². The second kappa shape index (κ2) is 11.5. The molecule has 1 aromatic rings. The summed E-state index contributed by atoms with van der Waals surface area (Å²) < 4.78 is 33.9. The highest BCUT2D eigenvalue weighted by Gasteiger charge is 2.17.